The Morgan fingerprint density at radius 3 is 2.63 bits per heavy atom. The molecule has 49 heavy (non-hydrogen) atoms. The fourth-order valence-electron chi connectivity index (χ4n) is 6.42. The molecule has 7 unspecified atom stereocenters. The van der Waals surface area contributed by atoms with E-state index >= 15 is 0 Å². The summed E-state index contributed by atoms with van der Waals surface area (Å²) in [5.41, 5.74) is 0.239. The highest BCUT2D eigenvalue weighted by Crippen LogP contribution is 2.38. The maximum Gasteiger partial charge on any atom is 0.508 e. The van der Waals surface area contributed by atoms with Gasteiger partial charge in [-0.1, -0.05) is 29.7 Å². The summed E-state index contributed by atoms with van der Waals surface area (Å²) in [6.07, 6.45) is -4.97. The van der Waals surface area contributed by atoms with Crippen molar-refractivity contribution in [1.29, 1.82) is 0 Å². The first-order valence-corrected chi connectivity index (χ1v) is 15.7. The molecule has 9 atom stereocenters. The summed E-state index contributed by atoms with van der Waals surface area (Å²) < 4.78 is 40.1. The molecule has 6 rings (SSSR count). The van der Waals surface area contributed by atoms with E-state index in [9.17, 15) is 24.9 Å². The molecular weight excluding hydrogens is 638 g/mol. The fraction of sp³-hybridized carbons (Fsp3) is 0.444. The van der Waals surface area contributed by atoms with Crippen LogP contribution in [0.4, 0.5) is 4.79 Å². The number of methoxy groups -OCH3 is 2. The molecule has 0 amide bonds. The van der Waals surface area contributed by atoms with E-state index in [1.807, 2.05) is 13.0 Å². The molecule has 0 aromatic heterocycles. The van der Waals surface area contributed by atoms with Crippen molar-refractivity contribution >= 4 is 22.9 Å². The van der Waals surface area contributed by atoms with E-state index in [-0.39, 0.29) is 24.3 Å². The topological polar surface area (TPSA) is 171 Å². The van der Waals surface area contributed by atoms with E-state index in [0.29, 0.717) is 27.7 Å². The minimum absolute atomic E-state index is 0.0757. The van der Waals surface area contributed by atoms with E-state index in [2.05, 4.69) is 29.0 Å². The maximum absolute atomic E-state index is 14.0. The zero-order valence-electron chi connectivity index (χ0n) is 27.5. The second-order valence-corrected chi connectivity index (χ2v) is 12.1. The van der Waals surface area contributed by atoms with Gasteiger partial charge >= 0.3 is 12.1 Å². The number of hydrogen-bond acceptors (Lipinski definition) is 13. The Labute approximate surface area is 282 Å². The van der Waals surface area contributed by atoms with Crippen molar-refractivity contribution in [2.45, 2.75) is 74.8 Å². The highest BCUT2D eigenvalue weighted by atomic mass is 16.8. The van der Waals surface area contributed by atoms with Gasteiger partial charge < -0.3 is 53.8 Å². The van der Waals surface area contributed by atoms with E-state index in [4.69, 9.17) is 33.2 Å². The molecule has 0 radical (unpaired) electrons. The van der Waals surface area contributed by atoms with Crippen molar-refractivity contribution in [2.24, 2.45) is 0 Å². The van der Waals surface area contributed by atoms with Crippen LogP contribution in [0.25, 0.3) is 10.8 Å². The Balaban J connectivity index is 1.41. The zero-order valence-corrected chi connectivity index (χ0v) is 27.5. The maximum atomic E-state index is 14.0. The lowest BCUT2D eigenvalue weighted by atomic mass is 9.93. The monoisotopic (exact) mass is 675 g/mol. The highest BCUT2D eigenvalue weighted by Gasteiger charge is 2.48. The molecule has 2 aromatic rings. The lowest BCUT2D eigenvalue weighted by Gasteiger charge is -2.42. The van der Waals surface area contributed by atoms with Crippen LogP contribution in [0.15, 0.2) is 47.6 Å². The smallest absolute Gasteiger partial charge is 0.507 e. The van der Waals surface area contributed by atoms with Crippen molar-refractivity contribution < 1.29 is 58.1 Å². The zero-order chi connectivity index (χ0) is 35.0. The predicted octanol–water partition coefficient (Wildman–Crippen LogP) is 2.03. The number of phenolic OH excluding ortho intramolecular Hbond substituents is 1. The Kier molecular flexibility index (Phi) is 9.60. The van der Waals surface area contributed by atoms with E-state index in [0.717, 1.165) is 5.56 Å². The second kappa shape index (κ2) is 13.7. The highest BCUT2D eigenvalue weighted by molar-refractivity contribution is 6.08. The standard InChI is InChI=1S/C36H37NO12/c1-18-14-21(43-4)16-24-22(18)9-10-25(38)28(24)33(41)47-26-15-20-11-13-36(44-5,27-17-45-35(42)48-27)12-7-6-8-23(20)32(26)49-34-29(37-3)31(40)30(39)19(2)46-34/h8-10,14-16,19,26-27,29-32,34,37-40H,12,17H2,1-5H3/b23-8+/t19?,26?,27?,29?,30?,31?,32-,34?,36-/m1/s1. The number of ether oxygens (including phenoxy) is 7. The van der Waals surface area contributed by atoms with Gasteiger partial charge in [0.15, 0.2) is 24.1 Å². The number of likely N-dealkylation sites (N-methyl/N-ethyl adjacent to an activating group) is 1. The SMILES string of the molecule is CNC1C(O[C@@H]2/C3=C/C#CC[C@](OC)(C4COC(=O)O4)C#CC3=CC2OC(=O)c2c(O)ccc3c(C)cc(OC)cc23)OC(C)C(O)C1O. The first-order valence-electron chi connectivity index (χ1n) is 15.7. The molecule has 0 spiro atoms. The normalized spacial score (nSPS) is 33.1. The van der Waals surface area contributed by atoms with Crippen LogP contribution in [0, 0.1) is 30.6 Å². The van der Waals surface area contributed by atoms with Crippen molar-refractivity contribution in [3.63, 3.8) is 0 Å². The third-order valence-electron chi connectivity index (χ3n) is 9.24. The van der Waals surface area contributed by atoms with Crippen molar-refractivity contribution in [3.8, 4) is 35.2 Å². The summed E-state index contributed by atoms with van der Waals surface area (Å²) in [7, 11) is 4.53. The van der Waals surface area contributed by atoms with Crippen molar-refractivity contribution in [3.05, 3.63) is 58.7 Å². The largest absolute Gasteiger partial charge is 0.508 e. The number of rotatable bonds is 8. The lowest BCUT2D eigenvalue weighted by Crippen LogP contribution is -2.62. The van der Waals surface area contributed by atoms with Gasteiger partial charge in [-0.3, -0.25) is 0 Å². The number of phenols is 1. The molecule has 0 bridgehead atoms. The molecule has 0 saturated carbocycles. The van der Waals surface area contributed by atoms with Crippen LogP contribution < -0.4 is 10.1 Å². The number of nitrogens with one attached hydrogen (secondary N) is 1. The first kappa shape index (κ1) is 34.3. The molecule has 13 heteroatoms. The Hall–Kier alpha value is -4.60. The number of aryl methyl sites for hydroxylation is 1. The number of fused-ring (bicyclic) bond motifs is 2. The van der Waals surface area contributed by atoms with Crippen molar-refractivity contribution in [1.82, 2.24) is 5.32 Å². The van der Waals surface area contributed by atoms with Gasteiger partial charge in [0, 0.05) is 23.6 Å². The Bertz CT molecular complexity index is 1850. The number of aromatic hydroxyl groups is 1. The van der Waals surface area contributed by atoms with E-state index < -0.39 is 66.7 Å². The van der Waals surface area contributed by atoms with Crippen LogP contribution in [-0.2, 0) is 28.4 Å². The van der Waals surface area contributed by atoms with Gasteiger partial charge in [0.05, 0.1) is 25.7 Å². The molecule has 13 nitrogen and oxygen atoms in total. The summed E-state index contributed by atoms with van der Waals surface area (Å²) in [5.74, 6) is 11.5. The number of carbonyl (C=O) groups is 2. The minimum atomic E-state index is -1.33. The number of aliphatic hydroxyl groups is 2. The molecule has 2 heterocycles. The third-order valence-corrected chi connectivity index (χ3v) is 9.24. The quantitative estimate of drug-likeness (QED) is 0.237. The minimum Gasteiger partial charge on any atom is -0.507 e. The number of cyclic esters (lactones) is 2. The first-order chi connectivity index (χ1) is 23.5. The number of hydrogen-bond donors (Lipinski definition) is 4. The van der Waals surface area contributed by atoms with Crippen LogP contribution in [0.2, 0.25) is 0 Å². The number of allylic oxidation sites excluding steroid dienone is 1. The number of esters is 1. The van der Waals surface area contributed by atoms with Gasteiger partial charge in [0.2, 0.25) is 0 Å². The van der Waals surface area contributed by atoms with Gasteiger partial charge in [-0.25, -0.2) is 9.59 Å². The number of aliphatic hydroxyl groups excluding tert-OH is 2. The molecule has 258 valence electrons. The molecule has 2 aliphatic carbocycles. The molecule has 2 aliphatic heterocycles. The summed E-state index contributed by atoms with van der Waals surface area (Å²) in [6.45, 7) is 3.39. The average Bonchev–Trinajstić information content (AvgIpc) is 3.67. The van der Waals surface area contributed by atoms with Gasteiger partial charge in [-0.2, -0.15) is 0 Å². The van der Waals surface area contributed by atoms with Gasteiger partial charge in [0.1, 0.15) is 42.0 Å². The number of carbonyl (C=O) groups excluding carboxylic acids is 2. The van der Waals surface area contributed by atoms with Crippen LogP contribution >= 0.6 is 0 Å². The summed E-state index contributed by atoms with van der Waals surface area (Å²) in [6, 6.07) is 5.73. The van der Waals surface area contributed by atoms with Gasteiger partial charge in [-0.15, -0.1) is 0 Å². The number of benzene rings is 2. The van der Waals surface area contributed by atoms with Crippen LogP contribution in [0.5, 0.6) is 11.5 Å². The third kappa shape index (κ3) is 6.33. The van der Waals surface area contributed by atoms with Crippen LogP contribution in [-0.4, -0.2) is 110 Å². The van der Waals surface area contributed by atoms with Crippen LogP contribution in [0.1, 0.15) is 29.3 Å². The summed E-state index contributed by atoms with van der Waals surface area (Å²) >= 11 is 0. The van der Waals surface area contributed by atoms with Crippen molar-refractivity contribution in [2.75, 3.05) is 27.9 Å². The molecular formula is C36H37NO12. The lowest BCUT2D eigenvalue weighted by molar-refractivity contribution is -0.273. The predicted molar refractivity (Wildman–Crippen MR) is 172 cm³/mol. The molecule has 2 saturated heterocycles. The molecule has 2 fully saturated rings. The van der Waals surface area contributed by atoms with E-state index in [1.165, 1.54) is 20.3 Å². The Morgan fingerprint density at radius 1 is 1.14 bits per heavy atom. The molecule has 4 N–H and O–H groups in total. The van der Waals surface area contributed by atoms with Gasteiger partial charge in [-0.05, 0) is 62.2 Å². The van der Waals surface area contributed by atoms with Crippen LogP contribution in [0.3, 0.4) is 0 Å². The summed E-state index contributed by atoms with van der Waals surface area (Å²) in [5, 5.41) is 36.3. The fourth-order valence-corrected chi connectivity index (χ4v) is 6.42. The Morgan fingerprint density at radius 2 is 1.94 bits per heavy atom. The summed E-state index contributed by atoms with van der Waals surface area (Å²) in [4.78, 5) is 25.8. The molecule has 2 aromatic carbocycles. The molecule has 4 aliphatic rings. The second-order valence-electron chi connectivity index (χ2n) is 12.1. The average molecular weight is 676 g/mol. The van der Waals surface area contributed by atoms with Gasteiger partial charge in [0.25, 0.3) is 0 Å². The van der Waals surface area contributed by atoms with E-state index in [1.54, 1.807) is 38.3 Å².